The van der Waals surface area contributed by atoms with Gasteiger partial charge in [0.15, 0.2) is 0 Å². The molecule has 0 aliphatic heterocycles. The predicted molar refractivity (Wildman–Crippen MR) is 63.9 cm³/mol. The molecule has 0 aliphatic carbocycles. The van der Waals surface area contributed by atoms with E-state index in [2.05, 4.69) is 6.58 Å². The van der Waals surface area contributed by atoms with Crippen LogP contribution in [0.4, 0.5) is 0 Å². The third-order valence-electron chi connectivity index (χ3n) is 0.949. The van der Waals surface area contributed by atoms with Crippen LogP contribution >= 0.6 is 0 Å². The second-order valence-electron chi connectivity index (χ2n) is 2.62. The van der Waals surface area contributed by atoms with Gasteiger partial charge in [-0.1, -0.05) is 6.58 Å². The van der Waals surface area contributed by atoms with E-state index in [0.29, 0.717) is 6.61 Å². The van der Waals surface area contributed by atoms with E-state index in [0.717, 1.165) is 12.6 Å². The minimum atomic E-state index is -4.67. The second-order valence-corrected chi connectivity index (χ2v) is 3.52. The molecular weight excluding hydrogens is 254 g/mol. The van der Waals surface area contributed by atoms with E-state index < -0.39 is 10.4 Å². The molecule has 10 heteroatoms. The smallest absolute Gasteiger partial charge is 0.394 e. The maximum atomic E-state index is 10.4. The number of esters is 1. The number of rotatable bonds is 4. The number of carbonyl (C=O) groups is 1. The topological polar surface area (TPSA) is 174 Å². The van der Waals surface area contributed by atoms with Gasteiger partial charge < -0.3 is 21.9 Å². The second kappa shape index (κ2) is 13.0. The van der Waals surface area contributed by atoms with Crippen LogP contribution in [0.2, 0.25) is 0 Å². The molecule has 0 aromatic rings. The van der Waals surface area contributed by atoms with E-state index in [4.69, 9.17) is 22.3 Å². The fraction of sp³-hybridized carbons (Fsp3) is 0.571. The van der Waals surface area contributed by atoms with E-state index in [1.807, 2.05) is 19.0 Å². The van der Waals surface area contributed by atoms with Gasteiger partial charge in [0.25, 0.3) is 0 Å². The van der Waals surface area contributed by atoms with Gasteiger partial charge in [0.1, 0.15) is 6.61 Å². The lowest BCUT2D eigenvalue weighted by atomic mass is 10.6. The largest absolute Gasteiger partial charge is 0.461 e. The first-order chi connectivity index (χ1) is 6.66. The van der Waals surface area contributed by atoms with E-state index in [-0.39, 0.29) is 18.3 Å². The van der Waals surface area contributed by atoms with Crippen molar-refractivity contribution in [1.82, 2.24) is 17.2 Å². The predicted octanol–water partition coefficient (Wildman–Crippen LogP) is -0.0516. The van der Waals surface area contributed by atoms with Gasteiger partial charge in [-0.05, 0) is 14.1 Å². The van der Waals surface area contributed by atoms with Gasteiger partial charge in [-0.25, -0.2) is 4.79 Å². The van der Waals surface area contributed by atoms with Crippen LogP contribution in [0, 0.1) is 0 Å². The maximum absolute atomic E-state index is 10.4. The third-order valence-corrected chi connectivity index (χ3v) is 0.949. The summed E-state index contributed by atoms with van der Waals surface area (Å²) in [6, 6.07) is 0. The molecule has 0 saturated heterocycles. The number of carbonyl (C=O) groups excluding carboxylic acids is 1. The first kappa shape index (κ1) is 25.0. The third kappa shape index (κ3) is 51.9. The highest BCUT2D eigenvalue weighted by atomic mass is 32.3. The Morgan fingerprint density at radius 1 is 1.35 bits per heavy atom. The van der Waals surface area contributed by atoms with Crippen molar-refractivity contribution in [2.24, 2.45) is 0 Å². The van der Waals surface area contributed by atoms with Crippen LogP contribution < -0.4 is 12.3 Å². The van der Waals surface area contributed by atoms with Crippen LogP contribution in [0.15, 0.2) is 12.7 Å². The molecule has 17 heavy (non-hydrogen) atoms. The van der Waals surface area contributed by atoms with Crippen LogP contribution in [-0.2, 0) is 19.9 Å². The molecule has 0 aromatic carbocycles. The summed E-state index contributed by atoms with van der Waals surface area (Å²) in [5, 5.41) is 0. The Bertz CT molecular complexity index is 282. The lowest BCUT2D eigenvalue weighted by Crippen LogP contribution is -2.19. The fourth-order valence-electron chi connectivity index (χ4n) is 0.388. The number of likely N-dealkylation sites (N-methyl/N-ethyl adjacent to an activating group) is 1. The zero-order valence-corrected chi connectivity index (χ0v) is 10.8. The van der Waals surface area contributed by atoms with Gasteiger partial charge in [-0.3, -0.25) is 9.11 Å². The van der Waals surface area contributed by atoms with E-state index in [1.165, 1.54) is 0 Å². The van der Waals surface area contributed by atoms with E-state index >= 15 is 0 Å². The summed E-state index contributed by atoms with van der Waals surface area (Å²) in [7, 11) is -0.830. The Morgan fingerprint density at radius 2 is 1.71 bits per heavy atom. The molecule has 106 valence electrons. The van der Waals surface area contributed by atoms with Crippen molar-refractivity contribution in [2.75, 3.05) is 27.2 Å². The zero-order valence-electron chi connectivity index (χ0n) is 10.00. The van der Waals surface area contributed by atoms with Gasteiger partial charge >= 0.3 is 16.4 Å². The molecule has 0 amide bonds. The molecule has 8 N–H and O–H groups in total. The van der Waals surface area contributed by atoms with Gasteiger partial charge in [0.2, 0.25) is 0 Å². The molecule has 9 nitrogen and oxygen atoms in total. The monoisotopic (exact) mass is 275 g/mol. The highest BCUT2D eigenvalue weighted by Gasteiger charge is 1.94. The molecule has 0 fully saturated rings. The van der Waals surface area contributed by atoms with Crippen molar-refractivity contribution in [3.05, 3.63) is 12.7 Å². The molecule has 0 unspecified atom stereocenters. The molecule has 0 aliphatic rings. The average Bonchev–Trinajstić information content (AvgIpc) is 2.00. The Hall–Kier alpha value is -1.04. The number of nitrogens with zero attached hydrogens (tertiary/aromatic N) is 1. The first-order valence-electron chi connectivity index (χ1n) is 3.80. The summed E-state index contributed by atoms with van der Waals surface area (Å²) in [6.45, 7) is 4.45. The summed E-state index contributed by atoms with van der Waals surface area (Å²) in [6.07, 6.45) is 1.16. The lowest BCUT2D eigenvalue weighted by Gasteiger charge is -2.07. The van der Waals surface area contributed by atoms with Crippen molar-refractivity contribution in [3.8, 4) is 0 Å². The van der Waals surface area contributed by atoms with Crippen LogP contribution in [0.5, 0.6) is 0 Å². The summed E-state index contributed by atoms with van der Waals surface area (Å²) < 4.78 is 36.3. The van der Waals surface area contributed by atoms with Crippen molar-refractivity contribution < 1.29 is 27.1 Å². The van der Waals surface area contributed by atoms with Crippen molar-refractivity contribution in [3.63, 3.8) is 0 Å². The lowest BCUT2D eigenvalue weighted by molar-refractivity contribution is -0.137. The zero-order chi connectivity index (χ0) is 12.5. The van der Waals surface area contributed by atoms with Gasteiger partial charge in [-0.15, -0.1) is 0 Å². The molecule has 0 bridgehead atoms. The number of hydrogen-bond donors (Lipinski definition) is 4. The SMILES string of the molecule is C=CC(=O)OCCN(C)C.N.N.O=S(=O)(O)O. The molecular formula is C7H21N3O6S. The molecule has 0 atom stereocenters. The van der Waals surface area contributed by atoms with Gasteiger partial charge in [0.05, 0.1) is 0 Å². The van der Waals surface area contributed by atoms with Crippen LogP contribution in [0.25, 0.3) is 0 Å². The minimum Gasteiger partial charge on any atom is -0.461 e. The van der Waals surface area contributed by atoms with Crippen molar-refractivity contribution in [1.29, 1.82) is 0 Å². The number of hydrogen-bond acceptors (Lipinski definition) is 7. The van der Waals surface area contributed by atoms with Crippen LogP contribution in [0.1, 0.15) is 0 Å². The van der Waals surface area contributed by atoms with E-state index in [1.54, 1.807) is 0 Å². The summed E-state index contributed by atoms with van der Waals surface area (Å²) in [5.41, 5.74) is 0. The summed E-state index contributed by atoms with van der Waals surface area (Å²) >= 11 is 0. The Balaban J connectivity index is -0.000000105. The molecule has 0 spiro atoms. The summed E-state index contributed by atoms with van der Waals surface area (Å²) in [5.74, 6) is -0.359. The Morgan fingerprint density at radius 3 is 1.94 bits per heavy atom. The van der Waals surface area contributed by atoms with Gasteiger partial charge in [-0.2, -0.15) is 8.42 Å². The molecule has 0 heterocycles. The quantitative estimate of drug-likeness (QED) is 0.311. The van der Waals surface area contributed by atoms with E-state index in [9.17, 15) is 4.79 Å². The highest BCUT2D eigenvalue weighted by Crippen LogP contribution is 1.80. The van der Waals surface area contributed by atoms with Gasteiger partial charge in [0, 0.05) is 12.6 Å². The maximum Gasteiger partial charge on any atom is 0.394 e. The Labute approximate surface area is 101 Å². The molecule has 0 saturated carbocycles. The van der Waals surface area contributed by atoms with Crippen LogP contribution in [-0.4, -0.2) is 55.6 Å². The first-order valence-corrected chi connectivity index (χ1v) is 5.20. The molecule has 0 radical (unpaired) electrons. The summed E-state index contributed by atoms with van der Waals surface area (Å²) in [4.78, 5) is 12.4. The Kier molecular flexibility index (Phi) is 19.1. The normalized spacial score (nSPS) is 9.00. The van der Waals surface area contributed by atoms with Crippen LogP contribution in [0.3, 0.4) is 0 Å². The fourth-order valence-corrected chi connectivity index (χ4v) is 0.388. The average molecular weight is 275 g/mol. The molecule has 0 aromatic heterocycles. The molecule has 0 rings (SSSR count). The standard InChI is InChI=1S/C7H13NO2.2H3N.H2O4S/c1-4-7(9)10-6-5-8(2)3;;;1-5(2,3)4/h4H,1,5-6H2,2-3H3;2*1H3;(H2,1,2,3,4). The van der Waals surface area contributed by atoms with Crippen molar-refractivity contribution >= 4 is 16.4 Å². The minimum absolute atomic E-state index is 0. The highest BCUT2D eigenvalue weighted by molar-refractivity contribution is 7.79. The number of ether oxygens (including phenoxy) is 1. The van der Waals surface area contributed by atoms with Crippen molar-refractivity contribution in [2.45, 2.75) is 0 Å².